The highest BCUT2D eigenvalue weighted by Gasteiger charge is 2.36. The van der Waals surface area contributed by atoms with Gasteiger partial charge in [-0.25, -0.2) is 0 Å². The lowest BCUT2D eigenvalue weighted by Crippen LogP contribution is -2.04. The number of rotatable bonds is 29. The number of hydrogen-bond acceptors (Lipinski definition) is 3. The molecule has 0 spiro atoms. The van der Waals surface area contributed by atoms with Gasteiger partial charge in [0.05, 0.1) is 12.2 Å². The second-order valence-electron chi connectivity index (χ2n) is 14.2. The van der Waals surface area contributed by atoms with Crippen molar-refractivity contribution in [3.05, 3.63) is 11.6 Å². The van der Waals surface area contributed by atoms with Gasteiger partial charge in [0.2, 0.25) is 0 Å². The summed E-state index contributed by atoms with van der Waals surface area (Å²) in [6.07, 6.45) is 32.3. The van der Waals surface area contributed by atoms with Gasteiger partial charge in [0, 0.05) is 6.42 Å². The van der Waals surface area contributed by atoms with Crippen LogP contribution in [-0.4, -0.2) is 24.8 Å². The molecule has 242 valence electrons. The highest BCUT2D eigenvalue weighted by Crippen LogP contribution is 2.32. The van der Waals surface area contributed by atoms with Gasteiger partial charge >= 0.3 is 5.97 Å². The van der Waals surface area contributed by atoms with Crippen molar-refractivity contribution in [3.63, 3.8) is 0 Å². The maximum Gasteiger partial charge on any atom is 0.306 e. The van der Waals surface area contributed by atoms with Crippen LogP contribution in [0, 0.1) is 17.8 Å². The van der Waals surface area contributed by atoms with Gasteiger partial charge in [0.1, 0.15) is 6.61 Å². The standard InChI is InChI=1S/C38H72O3/c1-7-8-9-10-12-15-27-36-37(41-36)28-16-13-11-14-17-29-38(39)40-31-30-35(6)26-20-25-34(5)24-19-23-33(4)22-18-21-32(2)3/h30,32-34,36-37H,7-29,31H2,1-6H3/b35-30-. The van der Waals surface area contributed by atoms with Crippen LogP contribution in [0.25, 0.3) is 0 Å². The smallest absolute Gasteiger partial charge is 0.306 e. The Morgan fingerprint density at radius 3 is 1.76 bits per heavy atom. The molecule has 0 aromatic rings. The molecule has 1 rings (SSSR count). The van der Waals surface area contributed by atoms with Crippen molar-refractivity contribution >= 4 is 5.97 Å². The predicted octanol–water partition coefficient (Wildman–Crippen LogP) is 12.2. The number of carbonyl (C=O) groups excluding carboxylic acids is 1. The van der Waals surface area contributed by atoms with Crippen LogP contribution in [0.2, 0.25) is 0 Å². The van der Waals surface area contributed by atoms with Gasteiger partial charge in [-0.1, -0.05) is 149 Å². The third-order valence-electron chi connectivity index (χ3n) is 9.22. The fourth-order valence-corrected chi connectivity index (χ4v) is 6.12. The van der Waals surface area contributed by atoms with Crippen LogP contribution in [0.15, 0.2) is 11.6 Å². The van der Waals surface area contributed by atoms with Crippen molar-refractivity contribution in [1.29, 1.82) is 0 Å². The average Bonchev–Trinajstić information content (AvgIpc) is 3.67. The molecule has 41 heavy (non-hydrogen) atoms. The van der Waals surface area contributed by atoms with Gasteiger partial charge in [-0.05, 0) is 62.9 Å². The summed E-state index contributed by atoms with van der Waals surface area (Å²) in [7, 11) is 0. The van der Waals surface area contributed by atoms with Crippen molar-refractivity contribution in [2.75, 3.05) is 6.61 Å². The summed E-state index contributed by atoms with van der Waals surface area (Å²) >= 11 is 0. The van der Waals surface area contributed by atoms with E-state index in [2.05, 4.69) is 47.6 Å². The monoisotopic (exact) mass is 577 g/mol. The number of carbonyl (C=O) groups is 1. The molecule has 1 fully saturated rings. The second-order valence-corrected chi connectivity index (χ2v) is 14.2. The Labute approximate surface area is 257 Å². The van der Waals surface area contributed by atoms with Crippen LogP contribution in [0.4, 0.5) is 0 Å². The van der Waals surface area contributed by atoms with Gasteiger partial charge in [-0.2, -0.15) is 0 Å². The van der Waals surface area contributed by atoms with Crippen LogP contribution in [0.5, 0.6) is 0 Å². The molecular formula is C38H72O3. The molecule has 4 unspecified atom stereocenters. The van der Waals surface area contributed by atoms with Crippen molar-refractivity contribution in [1.82, 2.24) is 0 Å². The minimum Gasteiger partial charge on any atom is -0.461 e. The number of hydrogen-bond donors (Lipinski definition) is 0. The van der Waals surface area contributed by atoms with E-state index >= 15 is 0 Å². The maximum atomic E-state index is 12.1. The first-order valence-electron chi connectivity index (χ1n) is 18.3. The molecule has 0 saturated carbocycles. The van der Waals surface area contributed by atoms with Gasteiger partial charge < -0.3 is 9.47 Å². The van der Waals surface area contributed by atoms with E-state index in [1.54, 1.807) is 0 Å². The molecule has 1 saturated heterocycles. The van der Waals surface area contributed by atoms with Crippen molar-refractivity contribution in [2.24, 2.45) is 17.8 Å². The average molecular weight is 577 g/mol. The highest BCUT2D eigenvalue weighted by atomic mass is 16.6. The molecule has 0 aromatic carbocycles. The third kappa shape index (κ3) is 24.3. The third-order valence-corrected chi connectivity index (χ3v) is 9.22. The number of esters is 1. The summed E-state index contributed by atoms with van der Waals surface area (Å²) in [5.74, 6) is 2.51. The zero-order valence-corrected chi connectivity index (χ0v) is 28.7. The zero-order chi connectivity index (χ0) is 30.1. The first-order valence-corrected chi connectivity index (χ1v) is 18.3. The normalized spacial score (nSPS) is 18.6. The molecule has 0 radical (unpaired) electrons. The summed E-state index contributed by atoms with van der Waals surface area (Å²) < 4.78 is 11.3. The van der Waals surface area contributed by atoms with Gasteiger partial charge in [0.15, 0.2) is 0 Å². The Bertz CT molecular complexity index is 639. The summed E-state index contributed by atoms with van der Waals surface area (Å²) in [5.41, 5.74) is 1.36. The van der Waals surface area contributed by atoms with Crippen LogP contribution in [0.1, 0.15) is 189 Å². The first kappa shape index (κ1) is 38.2. The van der Waals surface area contributed by atoms with Crippen LogP contribution >= 0.6 is 0 Å². The second kappa shape index (κ2) is 25.6. The molecule has 3 heteroatoms. The zero-order valence-electron chi connectivity index (χ0n) is 28.7. The minimum atomic E-state index is -0.0370. The molecule has 1 heterocycles. The minimum absolute atomic E-state index is 0.0370. The van der Waals surface area contributed by atoms with E-state index in [1.807, 2.05) is 0 Å². The van der Waals surface area contributed by atoms with E-state index in [0.29, 0.717) is 25.2 Å². The molecular weight excluding hydrogens is 504 g/mol. The molecule has 0 aromatic heterocycles. The molecule has 0 amide bonds. The topological polar surface area (TPSA) is 38.8 Å². The van der Waals surface area contributed by atoms with E-state index in [-0.39, 0.29) is 5.97 Å². The molecule has 4 atom stereocenters. The summed E-state index contributed by atoms with van der Waals surface area (Å²) in [6.45, 7) is 14.4. The van der Waals surface area contributed by atoms with E-state index < -0.39 is 0 Å². The van der Waals surface area contributed by atoms with Crippen LogP contribution in [-0.2, 0) is 14.3 Å². The fourth-order valence-electron chi connectivity index (χ4n) is 6.12. The summed E-state index contributed by atoms with van der Waals surface area (Å²) in [5, 5.41) is 0. The number of allylic oxidation sites excluding steroid dienone is 1. The number of unbranched alkanes of at least 4 members (excludes halogenated alkanes) is 9. The Balaban J connectivity index is 1.89. The van der Waals surface area contributed by atoms with E-state index in [4.69, 9.17) is 9.47 Å². The lowest BCUT2D eigenvalue weighted by molar-refractivity contribution is -0.142. The highest BCUT2D eigenvalue weighted by molar-refractivity contribution is 5.69. The lowest BCUT2D eigenvalue weighted by Gasteiger charge is -2.15. The predicted molar refractivity (Wildman–Crippen MR) is 178 cm³/mol. The Morgan fingerprint density at radius 1 is 0.659 bits per heavy atom. The van der Waals surface area contributed by atoms with E-state index in [0.717, 1.165) is 37.0 Å². The van der Waals surface area contributed by atoms with Crippen LogP contribution in [0.3, 0.4) is 0 Å². The van der Waals surface area contributed by atoms with Gasteiger partial charge in [-0.3, -0.25) is 4.79 Å². The summed E-state index contributed by atoms with van der Waals surface area (Å²) in [6, 6.07) is 0. The Kier molecular flexibility index (Phi) is 23.9. The van der Waals surface area contributed by atoms with E-state index in [9.17, 15) is 4.79 Å². The SMILES string of the molecule is CCCCCCCCC1OC1CCCCCCCC(=O)OC/C=C(/C)CCCC(C)CCCC(C)CCCC(C)C. The maximum absolute atomic E-state index is 12.1. The van der Waals surface area contributed by atoms with Crippen molar-refractivity contribution in [3.8, 4) is 0 Å². The molecule has 0 N–H and O–H groups in total. The Hall–Kier alpha value is -0.830. The largest absolute Gasteiger partial charge is 0.461 e. The number of ether oxygens (including phenoxy) is 2. The van der Waals surface area contributed by atoms with Crippen molar-refractivity contribution < 1.29 is 14.3 Å². The number of epoxide rings is 1. The van der Waals surface area contributed by atoms with Gasteiger partial charge in [0.25, 0.3) is 0 Å². The fraction of sp³-hybridized carbons (Fsp3) is 0.921. The molecule has 3 nitrogen and oxygen atoms in total. The quantitative estimate of drug-likeness (QED) is 0.0385. The molecule has 0 aliphatic carbocycles. The van der Waals surface area contributed by atoms with E-state index in [1.165, 1.54) is 128 Å². The Morgan fingerprint density at radius 2 is 1.17 bits per heavy atom. The van der Waals surface area contributed by atoms with Crippen molar-refractivity contribution in [2.45, 2.75) is 201 Å². The molecule has 1 aliphatic rings. The lowest BCUT2D eigenvalue weighted by atomic mass is 9.91. The molecule has 1 aliphatic heterocycles. The van der Waals surface area contributed by atoms with Crippen LogP contribution < -0.4 is 0 Å². The first-order chi connectivity index (χ1) is 19.8. The molecule has 0 bridgehead atoms. The summed E-state index contributed by atoms with van der Waals surface area (Å²) in [4.78, 5) is 12.1. The van der Waals surface area contributed by atoms with Gasteiger partial charge in [-0.15, -0.1) is 0 Å².